The third kappa shape index (κ3) is 5.70. The van der Waals surface area contributed by atoms with Gasteiger partial charge >= 0.3 is 5.97 Å². The van der Waals surface area contributed by atoms with Crippen LogP contribution < -0.4 is 16.0 Å². The molecule has 35 heavy (non-hydrogen) atoms. The molecular formula is C22H20N6O5S2. The molecule has 4 aromatic rings. The van der Waals surface area contributed by atoms with Crippen molar-refractivity contribution in [2.24, 2.45) is 0 Å². The molecular weight excluding hydrogens is 492 g/mol. The number of benzene rings is 1. The molecule has 0 aliphatic heterocycles. The van der Waals surface area contributed by atoms with E-state index in [0.717, 1.165) is 27.8 Å². The van der Waals surface area contributed by atoms with Gasteiger partial charge in [0.25, 0.3) is 11.8 Å². The summed E-state index contributed by atoms with van der Waals surface area (Å²) in [6, 6.07) is 7.48. The first-order chi connectivity index (χ1) is 16.8. The largest absolute Gasteiger partial charge is 0.480 e. The number of amides is 3. The normalized spacial score (nSPS) is 11.7. The minimum atomic E-state index is -1.35. The Hall–Kier alpha value is -4.10. The molecule has 0 saturated heterocycles. The van der Waals surface area contributed by atoms with E-state index < -0.39 is 23.8 Å². The Kier molecular flexibility index (Phi) is 7.17. The molecule has 0 spiro atoms. The topological polar surface area (TPSA) is 166 Å². The van der Waals surface area contributed by atoms with Crippen LogP contribution in [0.15, 0.2) is 41.9 Å². The average Bonchev–Trinajstić information content (AvgIpc) is 3.57. The maximum atomic E-state index is 12.7. The van der Waals surface area contributed by atoms with Gasteiger partial charge in [0.1, 0.15) is 10.9 Å². The molecule has 0 radical (unpaired) electrons. The van der Waals surface area contributed by atoms with E-state index in [0.29, 0.717) is 10.6 Å². The average molecular weight is 513 g/mol. The van der Waals surface area contributed by atoms with Gasteiger partial charge in [0.05, 0.1) is 28.7 Å². The molecule has 11 nitrogen and oxygen atoms in total. The minimum Gasteiger partial charge on any atom is -0.480 e. The lowest BCUT2D eigenvalue weighted by molar-refractivity contribution is -0.139. The number of hydrogen-bond acceptors (Lipinski definition) is 8. The molecule has 5 N–H and O–H groups in total. The number of carbonyl (C=O) groups is 4. The number of anilines is 1. The minimum absolute atomic E-state index is 0.0854. The number of thiazole rings is 1. The fourth-order valence-electron chi connectivity index (χ4n) is 3.29. The Morgan fingerprint density at radius 1 is 1.14 bits per heavy atom. The number of aryl methyl sites for hydroxylation is 1. The van der Waals surface area contributed by atoms with Gasteiger partial charge in [-0.2, -0.15) is 5.10 Å². The van der Waals surface area contributed by atoms with E-state index in [9.17, 15) is 24.3 Å². The lowest BCUT2D eigenvalue weighted by Crippen LogP contribution is -2.48. The number of nitrogens with zero attached hydrogens (tertiary/aromatic N) is 2. The Balaban J connectivity index is 1.37. The van der Waals surface area contributed by atoms with Crippen molar-refractivity contribution in [3.63, 3.8) is 0 Å². The number of carbonyl (C=O) groups excluding carboxylic acids is 3. The van der Waals surface area contributed by atoms with Gasteiger partial charge in [-0.25, -0.2) is 9.78 Å². The smallest absolute Gasteiger partial charge is 0.328 e. The summed E-state index contributed by atoms with van der Waals surface area (Å²) in [6.07, 6.45) is 1.73. The van der Waals surface area contributed by atoms with Crippen LogP contribution in [-0.4, -0.2) is 56.6 Å². The Morgan fingerprint density at radius 3 is 2.71 bits per heavy atom. The second-order valence-electron chi connectivity index (χ2n) is 7.46. The van der Waals surface area contributed by atoms with Crippen LogP contribution in [0.4, 0.5) is 5.13 Å². The van der Waals surface area contributed by atoms with Crippen LogP contribution >= 0.6 is 22.7 Å². The van der Waals surface area contributed by atoms with Crippen LogP contribution in [0.25, 0.3) is 10.9 Å². The summed E-state index contributed by atoms with van der Waals surface area (Å²) in [7, 11) is 0. The lowest BCUT2D eigenvalue weighted by Gasteiger charge is -2.14. The summed E-state index contributed by atoms with van der Waals surface area (Å²) in [6.45, 7) is 1.29. The maximum absolute atomic E-state index is 12.7. The molecule has 3 heterocycles. The third-order valence-corrected chi connectivity index (χ3v) is 6.93. The highest BCUT2D eigenvalue weighted by Crippen LogP contribution is 2.23. The van der Waals surface area contributed by atoms with Crippen molar-refractivity contribution in [3.8, 4) is 0 Å². The number of carboxylic acids is 1. The van der Waals surface area contributed by atoms with E-state index in [1.807, 2.05) is 18.2 Å². The second kappa shape index (κ2) is 10.4. The summed E-state index contributed by atoms with van der Waals surface area (Å²) in [5.74, 6) is -2.71. The quantitative estimate of drug-likeness (QED) is 0.229. The van der Waals surface area contributed by atoms with E-state index in [1.54, 1.807) is 30.6 Å². The van der Waals surface area contributed by atoms with Gasteiger partial charge in [-0.05, 0) is 30.0 Å². The van der Waals surface area contributed by atoms with Gasteiger partial charge in [-0.15, -0.1) is 11.3 Å². The number of H-pyrrole nitrogens is 1. The molecule has 0 bridgehead atoms. The zero-order chi connectivity index (χ0) is 24.9. The van der Waals surface area contributed by atoms with Crippen molar-refractivity contribution < 1.29 is 24.3 Å². The number of aromatic nitrogens is 3. The van der Waals surface area contributed by atoms with E-state index >= 15 is 0 Å². The Morgan fingerprint density at radius 2 is 1.97 bits per heavy atom. The maximum Gasteiger partial charge on any atom is 0.328 e. The second-order valence-corrected chi connectivity index (χ2v) is 9.41. The van der Waals surface area contributed by atoms with Crippen LogP contribution in [0, 0.1) is 6.92 Å². The number of thiophene rings is 1. The molecule has 13 heteroatoms. The summed E-state index contributed by atoms with van der Waals surface area (Å²) in [5, 5.41) is 26.7. The van der Waals surface area contributed by atoms with Crippen LogP contribution in [0.5, 0.6) is 0 Å². The van der Waals surface area contributed by atoms with Crippen molar-refractivity contribution in [2.75, 3.05) is 11.9 Å². The molecule has 1 unspecified atom stereocenters. The first-order valence-electron chi connectivity index (χ1n) is 10.4. The molecule has 1 atom stereocenters. The highest BCUT2D eigenvalue weighted by atomic mass is 32.1. The molecule has 3 aromatic heterocycles. The van der Waals surface area contributed by atoms with Crippen molar-refractivity contribution >= 4 is 62.4 Å². The summed E-state index contributed by atoms with van der Waals surface area (Å²) < 4.78 is 0. The Bertz CT molecular complexity index is 1390. The fraction of sp³-hybridized carbons (Fsp3) is 0.182. The van der Waals surface area contributed by atoms with Gasteiger partial charge < -0.3 is 21.1 Å². The molecule has 180 valence electrons. The van der Waals surface area contributed by atoms with Gasteiger partial charge in [0.15, 0.2) is 5.13 Å². The summed E-state index contributed by atoms with van der Waals surface area (Å²) in [5.41, 5.74) is 1.94. The standard InChI is InChI=1S/C22H20N6O5S2/c1-11-18(20(31)26-15(21(32)33)10-23-19(30)16-6-3-7-34-16)35-22(25-11)27-17(29)8-12-4-2-5-14-13(12)9-24-28-14/h2-7,9,15H,8,10H2,1H3,(H,23,30)(H,24,28)(H,26,31)(H,32,33)(H,25,27,29). The summed E-state index contributed by atoms with van der Waals surface area (Å²) in [4.78, 5) is 53.8. The number of hydrogen-bond donors (Lipinski definition) is 5. The van der Waals surface area contributed by atoms with Crippen molar-refractivity contribution in [2.45, 2.75) is 19.4 Å². The molecule has 0 aliphatic rings. The van der Waals surface area contributed by atoms with Crippen molar-refractivity contribution in [3.05, 3.63) is 62.9 Å². The van der Waals surface area contributed by atoms with E-state index in [1.165, 1.54) is 11.3 Å². The zero-order valence-electron chi connectivity index (χ0n) is 18.3. The van der Waals surface area contributed by atoms with Gasteiger partial charge in [-0.3, -0.25) is 19.5 Å². The predicted octanol–water partition coefficient (Wildman–Crippen LogP) is 2.18. The number of carboxylic acid groups (broad SMARTS) is 1. The van der Waals surface area contributed by atoms with Gasteiger partial charge in [0.2, 0.25) is 5.91 Å². The monoisotopic (exact) mass is 512 g/mol. The lowest BCUT2D eigenvalue weighted by atomic mass is 10.1. The van der Waals surface area contributed by atoms with Gasteiger partial charge in [-0.1, -0.05) is 29.5 Å². The number of aliphatic carboxylic acids is 1. The SMILES string of the molecule is Cc1nc(NC(=O)Cc2cccc3[nH]ncc23)sc1C(=O)NC(CNC(=O)c1cccs1)C(=O)O. The highest BCUT2D eigenvalue weighted by molar-refractivity contribution is 7.17. The van der Waals surface area contributed by atoms with Crippen LogP contribution in [0.3, 0.4) is 0 Å². The molecule has 1 aromatic carbocycles. The molecule has 0 saturated carbocycles. The number of rotatable bonds is 9. The number of nitrogens with one attached hydrogen (secondary N) is 4. The molecule has 0 aliphatic carbocycles. The first-order valence-corrected chi connectivity index (χ1v) is 12.0. The number of fused-ring (bicyclic) bond motifs is 1. The fourth-order valence-corrected chi connectivity index (χ4v) is 4.82. The zero-order valence-corrected chi connectivity index (χ0v) is 20.0. The third-order valence-electron chi connectivity index (χ3n) is 4.99. The molecule has 4 rings (SSSR count). The van der Waals surface area contributed by atoms with Crippen molar-refractivity contribution in [1.82, 2.24) is 25.8 Å². The molecule has 0 fully saturated rings. The van der Waals surface area contributed by atoms with Gasteiger partial charge in [0, 0.05) is 11.9 Å². The van der Waals surface area contributed by atoms with E-state index in [4.69, 9.17) is 0 Å². The van der Waals surface area contributed by atoms with Crippen molar-refractivity contribution in [1.29, 1.82) is 0 Å². The highest BCUT2D eigenvalue weighted by Gasteiger charge is 2.25. The number of aromatic amines is 1. The van der Waals surface area contributed by atoms with Crippen LogP contribution in [0.2, 0.25) is 0 Å². The Labute approximate surface area is 206 Å². The molecule has 3 amide bonds. The summed E-state index contributed by atoms with van der Waals surface area (Å²) >= 11 is 2.16. The first kappa shape index (κ1) is 24.0. The van der Waals surface area contributed by atoms with Crippen LogP contribution in [0.1, 0.15) is 30.6 Å². The van der Waals surface area contributed by atoms with E-state index in [-0.39, 0.29) is 28.9 Å². The van der Waals surface area contributed by atoms with E-state index in [2.05, 4.69) is 31.1 Å². The predicted molar refractivity (Wildman–Crippen MR) is 131 cm³/mol. The van der Waals surface area contributed by atoms with Crippen LogP contribution in [-0.2, 0) is 16.0 Å².